The summed E-state index contributed by atoms with van der Waals surface area (Å²) < 4.78 is 5.70. The molecule has 0 bridgehead atoms. The zero-order valence-corrected chi connectivity index (χ0v) is 14.7. The monoisotopic (exact) mass is 346 g/mol. The minimum Gasteiger partial charge on any atom is -0.481 e. The van der Waals surface area contributed by atoms with Crippen LogP contribution in [-0.2, 0) is 20.9 Å². The zero-order valence-electron chi connectivity index (χ0n) is 14.7. The van der Waals surface area contributed by atoms with Gasteiger partial charge in [-0.3, -0.25) is 9.59 Å². The van der Waals surface area contributed by atoms with Gasteiger partial charge < -0.3 is 19.6 Å². The Balaban J connectivity index is 1.43. The van der Waals surface area contributed by atoms with Gasteiger partial charge in [0.15, 0.2) is 0 Å². The Kier molecular flexibility index (Phi) is 5.39. The molecule has 2 aliphatic rings. The van der Waals surface area contributed by atoms with Gasteiger partial charge in [0, 0.05) is 52.2 Å². The maximum Gasteiger partial charge on any atom is 0.313 e. The Bertz CT molecular complexity index is 621. The van der Waals surface area contributed by atoms with Crippen LogP contribution in [0.4, 0.5) is 0 Å². The summed E-state index contributed by atoms with van der Waals surface area (Å²) in [7, 11) is 0. The first kappa shape index (κ1) is 17.9. The predicted octanol–water partition coefficient (Wildman–Crippen LogP) is 1.46. The third kappa shape index (κ3) is 3.85. The minimum atomic E-state index is -0.795. The lowest BCUT2D eigenvalue weighted by molar-refractivity contribution is -0.149. The molecule has 2 saturated heterocycles. The van der Waals surface area contributed by atoms with Crippen molar-refractivity contribution in [3.05, 3.63) is 35.9 Å². The normalized spacial score (nSPS) is 26.0. The fourth-order valence-electron chi connectivity index (χ4n) is 4.04. The van der Waals surface area contributed by atoms with Crippen LogP contribution in [0.25, 0.3) is 0 Å². The van der Waals surface area contributed by atoms with E-state index in [-0.39, 0.29) is 11.8 Å². The summed E-state index contributed by atoms with van der Waals surface area (Å²) in [6.07, 6.45) is 0.881. The number of hydrogen-bond donors (Lipinski definition) is 1. The van der Waals surface area contributed by atoms with E-state index in [1.54, 1.807) is 4.90 Å². The minimum absolute atomic E-state index is 0.0270. The van der Waals surface area contributed by atoms with Crippen molar-refractivity contribution in [2.45, 2.75) is 20.0 Å². The molecule has 2 fully saturated rings. The van der Waals surface area contributed by atoms with Gasteiger partial charge in [-0.05, 0) is 12.0 Å². The predicted molar refractivity (Wildman–Crippen MR) is 93.0 cm³/mol. The van der Waals surface area contributed by atoms with Gasteiger partial charge in [0.25, 0.3) is 0 Å². The van der Waals surface area contributed by atoms with Crippen LogP contribution < -0.4 is 0 Å². The molecule has 6 heteroatoms. The van der Waals surface area contributed by atoms with Crippen molar-refractivity contribution in [3.8, 4) is 0 Å². The number of carbonyl (C=O) groups excluding carboxylic acids is 1. The maximum absolute atomic E-state index is 11.9. The lowest BCUT2D eigenvalue weighted by Gasteiger charge is -2.25. The van der Waals surface area contributed by atoms with Crippen LogP contribution in [-0.4, -0.2) is 66.1 Å². The van der Waals surface area contributed by atoms with E-state index in [0.717, 1.165) is 25.1 Å². The standard InChI is InChI=1S/C19H26N2O4/c1-15(22)21-11-17-10-20(13-19(17,14-21)18(23)24)8-5-9-25-12-16-6-3-2-4-7-16/h2-4,6-7,17H,5,8-14H2,1H3,(H,23,24)/t17-,19-/m1/s1. The van der Waals surface area contributed by atoms with Crippen LogP contribution in [0.5, 0.6) is 0 Å². The third-order valence-electron chi connectivity index (χ3n) is 5.43. The molecular weight excluding hydrogens is 320 g/mol. The van der Waals surface area contributed by atoms with Gasteiger partial charge >= 0.3 is 5.97 Å². The average molecular weight is 346 g/mol. The van der Waals surface area contributed by atoms with Crippen molar-refractivity contribution >= 4 is 11.9 Å². The second-order valence-electron chi connectivity index (χ2n) is 7.18. The molecule has 1 amide bonds. The van der Waals surface area contributed by atoms with E-state index < -0.39 is 11.4 Å². The topological polar surface area (TPSA) is 70.1 Å². The van der Waals surface area contributed by atoms with Crippen molar-refractivity contribution in [2.24, 2.45) is 11.3 Å². The molecule has 25 heavy (non-hydrogen) atoms. The Hall–Kier alpha value is -1.92. The van der Waals surface area contributed by atoms with Crippen molar-refractivity contribution in [3.63, 3.8) is 0 Å². The largest absolute Gasteiger partial charge is 0.481 e. The highest BCUT2D eigenvalue weighted by molar-refractivity contribution is 5.80. The average Bonchev–Trinajstić information content (AvgIpc) is 3.11. The Labute approximate surface area is 148 Å². The van der Waals surface area contributed by atoms with E-state index in [4.69, 9.17) is 4.74 Å². The van der Waals surface area contributed by atoms with Crippen molar-refractivity contribution < 1.29 is 19.4 Å². The number of fused-ring (bicyclic) bond motifs is 1. The molecule has 2 aliphatic heterocycles. The molecule has 136 valence electrons. The fraction of sp³-hybridized carbons (Fsp3) is 0.579. The van der Waals surface area contributed by atoms with Gasteiger partial charge in [-0.2, -0.15) is 0 Å². The summed E-state index contributed by atoms with van der Waals surface area (Å²) in [4.78, 5) is 27.3. The molecule has 2 heterocycles. The van der Waals surface area contributed by atoms with Crippen LogP contribution in [0.1, 0.15) is 18.9 Å². The molecule has 0 aromatic heterocycles. The van der Waals surface area contributed by atoms with E-state index in [0.29, 0.717) is 32.8 Å². The summed E-state index contributed by atoms with van der Waals surface area (Å²) >= 11 is 0. The highest BCUT2D eigenvalue weighted by atomic mass is 16.5. The first-order valence-corrected chi connectivity index (χ1v) is 8.84. The number of carboxylic acid groups (broad SMARTS) is 1. The van der Waals surface area contributed by atoms with Gasteiger partial charge in [0.05, 0.1) is 6.61 Å². The Morgan fingerprint density at radius 1 is 1.24 bits per heavy atom. The van der Waals surface area contributed by atoms with Crippen LogP contribution in [0.15, 0.2) is 30.3 Å². The van der Waals surface area contributed by atoms with Crippen molar-refractivity contribution in [2.75, 3.05) is 39.3 Å². The number of ether oxygens (including phenoxy) is 1. The van der Waals surface area contributed by atoms with Crippen LogP contribution in [0.3, 0.4) is 0 Å². The molecule has 0 unspecified atom stereocenters. The summed E-state index contributed by atoms with van der Waals surface area (Å²) in [5, 5.41) is 9.74. The fourth-order valence-corrected chi connectivity index (χ4v) is 4.04. The molecule has 1 aromatic rings. The van der Waals surface area contributed by atoms with E-state index in [1.807, 2.05) is 30.3 Å². The number of carbonyl (C=O) groups is 2. The highest BCUT2D eigenvalue weighted by Gasteiger charge is 2.57. The van der Waals surface area contributed by atoms with E-state index in [9.17, 15) is 14.7 Å². The molecule has 3 rings (SSSR count). The lowest BCUT2D eigenvalue weighted by Crippen LogP contribution is -2.41. The second kappa shape index (κ2) is 7.54. The number of rotatable bonds is 7. The van der Waals surface area contributed by atoms with Gasteiger partial charge in [0.2, 0.25) is 5.91 Å². The number of carboxylic acids is 1. The third-order valence-corrected chi connectivity index (χ3v) is 5.43. The number of hydrogen-bond acceptors (Lipinski definition) is 4. The van der Waals surface area contributed by atoms with Crippen LogP contribution in [0.2, 0.25) is 0 Å². The first-order chi connectivity index (χ1) is 12.0. The molecule has 0 aliphatic carbocycles. The van der Waals surface area contributed by atoms with Crippen molar-refractivity contribution in [1.29, 1.82) is 0 Å². The van der Waals surface area contributed by atoms with Gasteiger partial charge in [0.1, 0.15) is 5.41 Å². The first-order valence-electron chi connectivity index (χ1n) is 8.84. The number of likely N-dealkylation sites (tertiary alicyclic amines) is 2. The second-order valence-corrected chi connectivity index (χ2v) is 7.18. The maximum atomic E-state index is 11.9. The van der Waals surface area contributed by atoms with E-state index in [2.05, 4.69) is 4.90 Å². The number of benzene rings is 1. The lowest BCUT2D eigenvalue weighted by atomic mass is 9.81. The van der Waals surface area contributed by atoms with Crippen LogP contribution >= 0.6 is 0 Å². The highest BCUT2D eigenvalue weighted by Crippen LogP contribution is 2.42. The molecule has 6 nitrogen and oxygen atoms in total. The summed E-state index contributed by atoms with van der Waals surface area (Å²) in [5.74, 6) is -0.779. The molecule has 0 saturated carbocycles. The molecule has 0 spiro atoms. The smallest absolute Gasteiger partial charge is 0.313 e. The molecule has 0 radical (unpaired) electrons. The molecule has 2 atom stereocenters. The van der Waals surface area contributed by atoms with Crippen LogP contribution in [0, 0.1) is 11.3 Å². The van der Waals surface area contributed by atoms with Crippen molar-refractivity contribution in [1.82, 2.24) is 9.80 Å². The van der Waals surface area contributed by atoms with Gasteiger partial charge in [-0.1, -0.05) is 30.3 Å². The molecule has 1 N–H and O–H groups in total. The SMILES string of the molecule is CC(=O)N1C[C@H]2CN(CCCOCc3ccccc3)C[C@@]2(C(=O)O)C1. The Morgan fingerprint density at radius 3 is 2.64 bits per heavy atom. The van der Waals surface area contributed by atoms with Gasteiger partial charge in [-0.25, -0.2) is 0 Å². The zero-order chi connectivity index (χ0) is 17.9. The summed E-state index contributed by atoms with van der Waals surface area (Å²) in [5.41, 5.74) is 0.365. The van der Waals surface area contributed by atoms with Gasteiger partial charge in [-0.15, -0.1) is 0 Å². The molecular formula is C19H26N2O4. The Morgan fingerprint density at radius 2 is 2.00 bits per heavy atom. The number of aliphatic carboxylic acids is 1. The van der Waals surface area contributed by atoms with E-state index >= 15 is 0 Å². The van der Waals surface area contributed by atoms with E-state index in [1.165, 1.54) is 6.92 Å². The number of amides is 1. The summed E-state index contributed by atoms with van der Waals surface area (Å²) in [6.45, 7) is 5.78. The summed E-state index contributed by atoms with van der Waals surface area (Å²) in [6, 6.07) is 10.1. The molecule has 1 aromatic carbocycles. The number of nitrogens with zero attached hydrogens (tertiary/aromatic N) is 2. The quantitative estimate of drug-likeness (QED) is 0.757.